The molecular formula is C20H22N6O3S. The summed E-state index contributed by atoms with van der Waals surface area (Å²) >= 11 is 0. The first-order chi connectivity index (χ1) is 14.4. The van der Waals surface area contributed by atoms with E-state index in [-0.39, 0.29) is 30.0 Å². The van der Waals surface area contributed by atoms with Gasteiger partial charge in [-0.25, -0.2) is 13.1 Å². The van der Waals surface area contributed by atoms with Crippen molar-refractivity contribution >= 4 is 27.1 Å². The SMILES string of the molecule is Cn1nnnc1-c1cccc(NCC(=O)N(c2ccccc2)[C@@H]2CCS(=O)(=O)C2)c1. The molecule has 1 fully saturated rings. The van der Waals surface area contributed by atoms with Gasteiger partial charge in [-0.3, -0.25) is 4.79 Å². The van der Waals surface area contributed by atoms with Gasteiger partial charge in [0.1, 0.15) is 0 Å². The van der Waals surface area contributed by atoms with Crippen molar-refractivity contribution in [2.75, 3.05) is 28.3 Å². The molecule has 30 heavy (non-hydrogen) atoms. The molecule has 1 amide bonds. The van der Waals surface area contributed by atoms with Crippen LogP contribution in [-0.2, 0) is 21.7 Å². The highest BCUT2D eigenvalue weighted by atomic mass is 32.2. The summed E-state index contributed by atoms with van der Waals surface area (Å²) in [5.41, 5.74) is 2.27. The molecule has 10 heteroatoms. The lowest BCUT2D eigenvalue weighted by molar-refractivity contribution is -0.117. The number of hydrogen-bond acceptors (Lipinski definition) is 7. The molecule has 2 heterocycles. The van der Waals surface area contributed by atoms with Crippen LogP contribution in [0.3, 0.4) is 0 Å². The number of benzene rings is 2. The smallest absolute Gasteiger partial charge is 0.246 e. The number of aromatic nitrogens is 4. The van der Waals surface area contributed by atoms with Crippen molar-refractivity contribution in [3.05, 3.63) is 54.6 Å². The maximum absolute atomic E-state index is 13.1. The van der Waals surface area contributed by atoms with E-state index in [0.29, 0.717) is 17.9 Å². The van der Waals surface area contributed by atoms with E-state index in [0.717, 1.165) is 11.3 Å². The summed E-state index contributed by atoms with van der Waals surface area (Å²) in [5, 5.41) is 14.6. The first-order valence-electron chi connectivity index (χ1n) is 9.57. The molecular weight excluding hydrogens is 404 g/mol. The maximum atomic E-state index is 13.1. The lowest BCUT2D eigenvalue weighted by Crippen LogP contribution is -2.44. The van der Waals surface area contributed by atoms with Crippen molar-refractivity contribution < 1.29 is 13.2 Å². The zero-order valence-electron chi connectivity index (χ0n) is 16.5. The molecule has 1 N–H and O–H groups in total. The van der Waals surface area contributed by atoms with Crippen molar-refractivity contribution in [1.29, 1.82) is 0 Å². The number of aryl methyl sites for hydroxylation is 1. The van der Waals surface area contributed by atoms with Crippen LogP contribution in [0.4, 0.5) is 11.4 Å². The number of nitrogens with zero attached hydrogens (tertiary/aromatic N) is 5. The number of amides is 1. The van der Waals surface area contributed by atoms with Crippen molar-refractivity contribution in [3.8, 4) is 11.4 Å². The van der Waals surface area contributed by atoms with Gasteiger partial charge >= 0.3 is 0 Å². The van der Waals surface area contributed by atoms with E-state index in [1.807, 2.05) is 54.6 Å². The van der Waals surface area contributed by atoms with Crippen molar-refractivity contribution in [2.24, 2.45) is 7.05 Å². The Hall–Kier alpha value is -3.27. The van der Waals surface area contributed by atoms with E-state index in [1.54, 1.807) is 16.6 Å². The van der Waals surface area contributed by atoms with Gasteiger partial charge in [-0.05, 0) is 41.1 Å². The van der Waals surface area contributed by atoms with Crippen LogP contribution >= 0.6 is 0 Å². The third-order valence-corrected chi connectivity index (χ3v) is 6.81. The molecule has 1 saturated heterocycles. The Morgan fingerprint density at radius 3 is 2.67 bits per heavy atom. The largest absolute Gasteiger partial charge is 0.376 e. The average molecular weight is 427 g/mol. The van der Waals surface area contributed by atoms with Gasteiger partial charge in [-0.1, -0.05) is 30.3 Å². The van der Waals surface area contributed by atoms with Crippen molar-refractivity contribution in [3.63, 3.8) is 0 Å². The monoisotopic (exact) mass is 426 g/mol. The number of carbonyl (C=O) groups excluding carboxylic acids is 1. The standard InChI is InChI=1S/C20H22N6O3S/c1-25-20(22-23-24-25)15-6-5-7-16(12-15)21-13-19(27)26(17-8-3-2-4-9-17)18-10-11-30(28,29)14-18/h2-9,12,18,21H,10-11,13-14H2,1H3/t18-/m1/s1. The van der Waals surface area contributed by atoms with Crippen molar-refractivity contribution in [2.45, 2.75) is 12.5 Å². The fourth-order valence-electron chi connectivity index (χ4n) is 3.63. The lowest BCUT2D eigenvalue weighted by Gasteiger charge is -2.28. The number of rotatable bonds is 6. The Morgan fingerprint density at radius 1 is 1.20 bits per heavy atom. The predicted octanol–water partition coefficient (Wildman–Crippen LogP) is 1.51. The number of hydrogen-bond donors (Lipinski definition) is 1. The second kappa shape index (κ2) is 8.23. The number of tetrazole rings is 1. The first kappa shape index (κ1) is 20.0. The van der Waals surface area contributed by atoms with E-state index in [2.05, 4.69) is 20.8 Å². The molecule has 1 aliphatic rings. The summed E-state index contributed by atoms with van der Waals surface area (Å²) in [6.07, 6.45) is 0.442. The summed E-state index contributed by atoms with van der Waals surface area (Å²) in [5.74, 6) is 0.527. The number of anilines is 2. The highest BCUT2D eigenvalue weighted by molar-refractivity contribution is 7.91. The Labute approximate surface area is 174 Å². The number of sulfone groups is 1. The molecule has 3 aromatic rings. The quantitative estimate of drug-likeness (QED) is 0.636. The van der Waals surface area contributed by atoms with Crippen LogP contribution in [0.25, 0.3) is 11.4 Å². The van der Waals surface area contributed by atoms with Gasteiger partial charge < -0.3 is 10.2 Å². The third-order valence-electron chi connectivity index (χ3n) is 5.06. The zero-order valence-corrected chi connectivity index (χ0v) is 17.3. The molecule has 1 aliphatic heterocycles. The van der Waals surface area contributed by atoms with E-state index in [9.17, 15) is 13.2 Å². The minimum absolute atomic E-state index is 0.0116. The van der Waals surface area contributed by atoms with Crippen LogP contribution in [0.2, 0.25) is 0 Å². The molecule has 0 radical (unpaired) electrons. The summed E-state index contributed by atoms with van der Waals surface area (Å²) in [6, 6.07) is 16.3. The number of nitrogens with one attached hydrogen (secondary N) is 1. The zero-order chi connectivity index (χ0) is 21.1. The summed E-state index contributed by atoms with van der Waals surface area (Å²) in [7, 11) is -1.36. The molecule has 0 saturated carbocycles. The third kappa shape index (κ3) is 4.33. The molecule has 0 unspecified atom stereocenters. The topological polar surface area (TPSA) is 110 Å². The van der Waals surface area contributed by atoms with Gasteiger partial charge in [0.05, 0.1) is 24.1 Å². The van der Waals surface area contributed by atoms with Crippen LogP contribution in [0.1, 0.15) is 6.42 Å². The van der Waals surface area contributed by atoms with Crippen LogP contribution in [0.5, 0.6) is 0 Å². The van der Waals surface area contributed by atoms with Gasteiger partial charge in [0.2, 0.25) is 5.91 Å². The molecule has 0 bridgehead atoms. The fourth-order valence-corrected chi connectivity index (χ4v) is 5.33. The van der Waals surface area contributed by atoms with Gasteiger partial charge in [0.15, 0.2) is 15.7 Å². The Morgan fingerprint density at radius 2 is 2.00 bits per heavy atom. The second-order valence-electron chi connectivity index (χ2n) is 7.22. The highest BCUT2D eigenvalue weighted by Crippen LogP contribution is 2.25. The molecule has 2 aromatic carbocycles. The molecule has 1 atom stereocenters. The minimum Gasteiger partial charge on any atom is -0.376 e. The van der Waals surface area contributed by atoms with Gasteiger partial charge in [0, 0.05) is 24.0 Å². The first-order valence-corrected chi connectivity index (χ1v) is 11.4. The molecule has 0 spiro atoms. The number of carbonyl (C=O) groups is 1. The lowest BCUT2D eigenvalue weighted by atomic mass is 10.1. The summed E-state index contributed by atoms with van der Waals surface area (Å²) < 4.78 is 25.5. The Balaban J connectivity index is 1.52. The Kier molecular flexibility index (Phi) is 5.49. The van der Waals surface area contributed by atoms with Crippen LogP contribution < -0.4 is 10.2 Å². The van der Waals surface area contributed by atoms with E-state index in [1.165, 1.54) is 0 Å². The van der Waals surface area contributed by atoms with Gasteiger partial charge in [-0.2, -0.15) is 0 Å². The highest BCUT2D eigenvalue weighted by Gasteiger charge is 2.35. The summed E-state index contributed by atoms with van der Waals surface area (Å²) in [4.78, 5) is 14.7. The van der Waals surface area contributed by atoms with E-state index < -0.39 is 9.84 Å². The molecule has 1 aromatic heterocycles. The maximum Gasteiger partial charge on any atom is 0.246 e. The molecule has 0 aliphatic carbocycles. The molecule has 9 nitrogen and oxygen atoms in total. The van der Waals surface area contributed by atoms with E-state index in [4.69, 9.17) is 0 Å². The predicted molar refractivity (Wildman–Crippen MR) is 114 cm³/mol. The molecule has 4 rings (SSSR count). The van der Waals surface area contributed by atoms with Gasteiger partial charge in [0.25, 0.3) is 0 Å². The van der Waals surface area contributed by atoms with Gasteiger partial charge in [-0.15, -0.1) is 5.10 Å². The molecule has 156 valence electrons. The van der Waals surface area contributed by atoms with Crippen molar-refractivity contribution in [1.82, 2.24) is 20.2 Å². The van der Waals surface area contributed by atoms with Crippen LogP contribution in [-0.4, -0.2) is 58.6 Å². The normalized spacial score (nSPS) is 17.6. The van der Waals surface area contributed by atoms with Crippen LogP contribution in [0, 0.1) is 0 Å². The summed E-state index contributed by atoms with van der Waals surface area (Å²) in [6.45, 7) is 0.0337. The second-order valence-corrected chi connectivity index (χ2v) is 9.45. The average Bonchev–Trinajstić information content (AvgIpc) is 3.32. The fraction of sp³-hybridized carbons (Fsp3) is 0.300. The van der Waals surface area contributed by atoms with Crippen LogP contribution in [0.15, 0.2) is 54.6 Å². The van der Waals surface area contributed by atoms with E-state index >= 15 is 0 Å². The number of para-hydroxylation sites is 1. The Bertz CT molecular complexity index is 1150. The minimum atomic E-state index is -3.12.